The van der Waals surface area contributed by atoms with Gasteiger partial charge in [0.05, 0.1) is 0 Å². The van der Waals surface area contributed by atoms with Crippen LogP contribution in [0, 0.1) is 46.8 Å². The SMILES string of the molecule is SC1C2C3CC=C3C13C2C1C3C2CCCC[C@@H]21. The summed E-state index contributed by atoms with van der Waals surface area (Å²) in [4.78, 5) is 0. The standard InChI is InChI=1S/C16H20S/c17-15-12-9-5-6-10(9)16(15)13-8-4-2-1-3-7(8)11(13)14(12)16/h6-9,11-15,17H,1-5H2/t7-,8?,9?,11?,12?,13?,14?,15?,16?/m0/s1. The molecule has 0 heterocycles. The molecule has 6 aliphatic carbocycles. The van der Waals surface area contributed by atoms with E-state index in [9.17, 15) is 0 Å². The summed E-state index contributed by atoms with van der Waals surface area (Å²) in [6.45, 7) is 0. The van der Waals surface area contributed by atoms with Crippen molar-refractivity contribution < 1.29 is 0 Å². The highest BCUT2D eigenvalue weighted by atomic mass is 32.1. The van der Waals surface area contributed by atoms with Crippen molar-refractivity contribution in [2.75, 3.05) is 0 Å². The Bertz CT molecular complexity index is 466. The molecule has 0 radical (unpaired) electrons. The lowest BCUT2D eigenvalue weighted by Crippen LogP contribution is -2.79. The molecule has 9 atom stereocenters. The lowest BCUT2D eigenvalue weighted by molar-refractivity contribution is -0.305. The Kier molecular flexibility index (Phi) is 1.28. The van der Waals surface area contributed by atoms with E-state index < -0.39 is 0 Å². The average molecular weight is 244 g/mol. The Morgan fingerprint density at radius 2 is 1.88 bits per heavy atom. The van der Waals surface area contributed by atoms with Crippen molar-refractivity contribution >= 4 is 12.6 Å². The minimum atomic E-state index is 0.680. The molecule has 0 saturated heterocycles. The molecule has 6 aliphatic rings. The Morgan fingerprint density at radius 3 is 2.65 bits per heavy atom. The first-order chi connectivity index (χ1) is 8.37. The summed E-state index contributed by atoms with van der Waals surface area (Å²) in [6.07, 6.45) is 10.2. The van der Waals surface area contributed by atoms with Gasteiger partial charge in [-0.15, -0.1) is 0 Å². The van der Waals surface area contributed by atoms with Crippen LogP contribution in [0.5, 0.6) is 0 Å². The van der Waals surface area contributed by atoms with Gasteiger partial charge in [0.2, 0.25) is 0 Å². The molecule has 5 saturated carbocycles. The molecular formula is C16H20S. The van der Waals surface area contributed by atoms with Crippen molar-refractivity contribution in [3.8, 4) is 0 Å². The number of allylic oxidation sites excluding steroid dienone is 2. The molecule has 0 spiro atoms. The normalized spacial score (nSPS) is 72.4. The van der Waals surface area contributed by atoms with E-state index in [2.05, 4.69) is 6.08 Å². The lowest BCUT2D eigenvalue weighted by atomic mass is 9.24. The van der Waals surface area contributed by atoms with Crippen LogP contribution < -0.4 is 0 Å². The van der Waals surface area contributed by atoms with Crippen molar-refractivity contribution in [1.29, 1.82) is 0 Å². The molecule has 0 N–H and O–H groups in total. The van der Waals surface area contributed by atoms with Crippen LogP contribution in [-0.2, 0) is 0 Å². The third kappa shape index (κ3) is 0.615. The smallest absolute Gasteiger partial charge is 0.0154 e. The average Bonchev–Trinajstić information content (AvgIpc) is 2.55. The van der Waals surface area contributed by atoms with Crippen LogP contribution in [0.1, 0.15) is 32.1 Å². The molecule has 0 amide bonds. The quantitative estimate of drug-likeness (QED) is 0.489. The summed E-state index contributed by atoms with van der Waals surface area (Å²) in [7, 11) is 0. The first-order valence-corrected chi connectivity index (χ1v) is 8.27. The van der Waals surface area contributed by atoms with Crippen molar-refractivity contribution in [3.63, 3.8) is 0 Å². The molecule has 2 bridgehead atoms. The van der Waals surface area contributed by atoms with Crippen LogP contribution in [0.3, 0.4) is 0 Å². The van der Waals surface area contributed by atoms with E-state index in [4.69, 9.17) is 12.6 Å². The van der Waals surface area contributed by atoms with Gasteiger partial charge >= 0.3 is 0 Å². The molecule has 0 aromatic carbocycles. The summed E-state index contributed by atoms with van der Waals surface area (Å²) in [5, 5.41) is 0.773. The van der Waals surface area contributed by atoms with Crippen molar-refractivity contribution in [2.24, 2.45) is 46.8 Å². The van der Waals surface area contributed by atoms with Crippen LogP contribution >= 0.6 is 12.6 Å². The van der Waals surface area contributed by atoms with E-state index in [0.29, 0.717) is 5.41 Å². The first kappa shape index (κ1) is 9.07. The van der Waals surface area contributed by atoms with E-state index >= 15 is 0 Å². The van der Waals surface area contributed by atoms with Crippen LogP contribution in [0.25, 0.3) is 0 Å². The zero-order valence-corrected chi connectivity index (χ0v) is 11.1. The summed E-state index contributed by atoms with van der Waals surface area (Å²) in [5.41, 5.74) is 2.60. The maximum absolute atomic E-state index is 5.04. The second-order valence-electron chi connectivity index (χ2n) is 7.70. The highest BCUT2D eigenvalue weighted by molar-refractivity contribution is 7.81. The molecule has 90 valence electrons. The minimum absolute atomic E-state index is 0.680. The minimum Gasteiger partial charge on any atom is -0.175 e. The fourth-order valence-electron chi connectivity index (χ4n) is 7.73. The van der Waals surface area contributed by atoms with Crippen LogP contribution in [-0.4, -0.2) is 5.25 Å². The predicted molar refractivity (Wildman–Crippen MR) is 70.8 cm³/mol. The summed E-state index contributed by atoms with van der Waals surface area (Å²) < 4.78 is 0. The highest BCUT2D eigenvalue weighted by Gasteiger charge is 2.88. The number of rotatable bonds is 0. The Labute approximate surface area is 109 Å². The summed E-state index contributed by atoms with van der Waals surface area (Å²) >= 11 is 5.04. The number of hydrogen-bond acceptors (Lipinski definition) is 1. The van der Waals surface area contributed by atoms with Gasteiger partial charge in [-0.3, -0.25) is 0 Å². The molecule has 1 heteroatoms. The lowest BCUT2D eigenvalue weighted by Gasteiger charge is -2.81. The molecule has 0 aromatic heterocycles. The summed E-state index contributed by atoms with van der Waals surface area (Å²) in [6, 6.07) is 0. The van der Waals surface area contributed by atoms with Crippen molar-refractivity contribution in [2.45, 2.75) is 37.4 Å². The van der Waals surface area contributed by atoms with Gasteiger partial charge in [-0.25, -0.2) is 0 Å². The molecule has 5 fully saturated rings. The number of thiol groups is 1. The molecule has 17 heavy (non-hydrogen) atoms. The van der Waals surface area contributed by atoms with Gasteiger partial charge in [-0.1, -0.05) is 24.5 Å². The first-order valence-electron chi connectivity index (χ1n) is 7.75. The molecule has 6 rings (SSSR count). The maximum atomic E-state index is 5.04. The topological polar surface area (TPSA) is 0 Å². The van der Waals surface area contributed by atoms with Gasteiger partial charge in [0, 0.05) is 10.7 Å². The number of hydrogen-bond donors (Lipinski definition) is 1. The largest absolute Gasteiger partial charge is 0.175 e. The molecule has 8 unspecified atom stereocenters. The fraction of sp³-hybridized carbons (Fsp3) is 0.875. The van der Waals surface area contributed by atoms with Gasteiger partial charge < -0.3 is 0 Å². The maximum Gasteiger partial charge on any atom is 0.0154 e. The van der Waals surface area contributed by atoms with Gasteiger partial charge in [0.25, 0.3) is 0 Å². The Morgan fingerprint density at radius 1 is 1.06 bits per heavy atom. The third-order valence-corrected chi connectivity index (χ3v) is 8.76. The fourth-order valence-corrected chi connectivity index (χ4v) is 8.62. The summed E-state index contributed by atoms with van der Waals surface area (Å²) in [5.74, 6) is 7.70. The van der Waals surface area contributed by atoms with Crippen LogP contribution in [0.15, 0.2) is 11.6 Å². The van der Waals surface area contributed by atoms with E-state index in [0.717, 1.165) is 40.8 Å². The van der Waals surface area contributed by atoms with E-state index in [1.54, 1.807) is 12.8 Å². The van der Waals surface area contributed by atoms with Gasteiger partial charge in [-0.05, 0) is 60.7 Å². The zero-order valence-electron chi connectivity index (χ0n) is 10.2. The monoisotopic (exact) mass is 244 g/mol. The van der Waals surface area contributed by atoms with Crippen molar-refractivity contribution in [3.05, 3.63) is 11.6 Å². The predicted octanol–water partition coefficient (Wildman–Crippen LogP) is 3.54. The third-order valence-electron chi connectivity index (χ3n) is 7.99. The highest BCUT2D eigenvalue weighted by Crippen LogP contribution is 2.91. The van der Waals surface area contributed by atoms with Crippen LogP contribution in [0.4, 0.5) is 0 Å². The molecule has 0 aromatic rings. The zero-order chi connectivity index (χ0) is 10.9. The number of fused-ring (bicyclic) bond motifs is 6. The van der Waals surface area contributed by atoms with Crippen LogP contribution in [0.2, 0.25) is 0 Å². The van der Waals surface area contributed by atoms with Gasteiger partial charge in [-0.2, -0.15) is 12.6 Å². The van der Waals surface area contributed by atoms with E-state index in [-0.39, 0.29) is 0 Å². The molecule has 0 nitrogen and oxygen atoms in total. The van der Waals surface area contributed by atoms with Gasteiger partial charge in [0.15, 0.2) is 0 Å². The Balaban J connectivity index is 1.48. The van der Waals surface area contributed by atoms with Crippen molar-refractivity contribution in [1.82, 2.24) is 0 Å². The van der Waals surface area contributed by atoms with E-state index in [1.165, 1.54) is 25.2 Å². The second-order valence-corrected chi connectivity index (χ2v) is 8.25. The molecule has 0 aliphatic heterocycles. The van der Waals surface area contributed by atoms with Gasteiger partial charge in [0.1, 0.15) is 0 Å². The Hall–Kier alpha value is 0.0900. The second kappa shape index (κ2) is 2.40. The van der Waals surface area contributed by atoms with E-state index in [1.807, 2.05) is 5.57 Å². The molecular weight excluding hydrogens is 224 g/mol.